The van der Waals surface area contributed by atoms with Crippen LogP contribution < -0.4 is 4.90 Å². The maximum absolute atomic E-state index is 13.4. The molecular weight excluding hydrogens is 398 g/mol. The van der Waals surface area contributed by atoms with Crippen LogP contribution in [-0.4, -0.2) is 65.9 Å². The average Bonchev–Trinajstić information content (AvgIpc) is 3.00. The summed E-state index contributed by atoms with van der Waals surface area (Å²) in [6.45, 7) is 4.47. The van der Waals surface area contributed by atoms with Crippen molar-refractivity contribution in [3.05, 3.63) is 66.0 Å². The van der Waals surface area contributed by atoms with Gasteiger partial charge in [-0.05, 0) is 50.3 Å². The third kappa shape index (κ3) is 5.74. The number of likely N-dealkylation sites (tertiary alicyclic amines) is 1. The molecule has 170 valence electrons. The highest BCUT2D eigenvalue weighted by Gasteiger charge is 2.34. The molecule has 0 unspecified atom stereocenters. The standard InChI is InChI=1S/C26H35N5O/c1-29(2)26-27-18-22(19-28-26)20-30-15-12-23(13-16-30)24-10-6-7-14-31(25(24)32)17-11-21-8-4-3-5-9-21/h3-9,18-19,23-24H,10-17,20H2,1-2H3/t24-/m0/s1. The molecule has 4 rings (SSSR count). The Morgan fingerprint density at radius 3 is 2.41 bits per heavy atom. The lowest BCUT2D eigenvalue weighted by Gasteiger charge is -2.36. The molecule has 6 heteroatoms. The quantitative estimate of drug-likeness (QED) is 0.627. The second-order valence-electron chi connectivity index (χ2n) is 9.23. The fourth-order valence-electron chi connectivity index (χ4n) is 4.81. The Labute approximate surface area is 192 Å². The van der Waals surface area contributed by atoms with Gasteiger partial charge in [-0.15, -0.1) is 0 Å². The minimum Gasteiger partial charge on any atom is -0.347 e. The van der Waals surface area contributed by atoms with Crippen molar-refractivity contribution in [1.29, 1.82) is 0 Å². The van der Waals surface area contributed by atoms with E-state index in [1.807, 2.05) is 37.5 Å². The molecule has 0 radical (unpaired) electrons. The van der Waals surface area contributed by atoms with Gasteiger partial charge in [-0.3, -0.25) is 9.69 Å². The first-order valence-electron chi connectivity index (χ1n) is 11.8. The summed E-state index contributed by atoms with van der Waals surface area (Å²) >= 11 is 0. The van der Waals surface area contributed by atoms with E-state index in [-0.39, 0.29) is 5.92 Å². The van der Waals surface area contributed by atoms with Crippen molar-refractivity contribution in [3.63, 3.8) is 0 Å². The van der Waals surface area contributed by atoms with Crippen LogP contribution in [0.1, 0.15) is 30.4 Å². The first-order chi connectivity index (χ1) is 15.6. The molecule has 2 aromatic rings. The summed E-state index contributed by atoms with van der Waals surface area (Å²) in [4.78, 5) is 28.7. The zero-order chi connectivity index (χ0) is 22.3. The number of rotatable bonds is 7. The molecule has 1 atom stereocenters. The molecule has 1 saturated heterocycles. The van der Waals surface area contributed by atoms with E-state index in [9.17, 15) is 4.79 Å². The van der Waals surface area contributed by atoms with Crippen LogP contribution in [0.4, 0.5) is 5.95 Å². The van der Waals surface area contributed by atoms with E-state index in [1.165, 1.54) is 5.56 Å². The van der Waals surface area contributed by atoms with Crippen molar-refractivity contribution >= 4 is 11.9 Å². The monoisotopic (exact) mass is 433 g/mol. The second kappa shape index (κ2) is 10.7. The van der Waals surface area contributed by atoms with E-state index in [4.69, 9.17) is 0 Å². The summed E-state index contributed by atoms with van der Waals surface area (Å²) in [6, 6.07) is 10.5. The molecule has 32 heavy (non-hydrogen) atoms. The number of hydrogen-bond donors (Lipinski definition) is 0. The smallest absolute Gasteiger partial charge is 0.226 e. The zero-order valence-corrected chi connectivity index (χ0v) is 19.4. The number of carbonyl (C=O) groups is 1. The lowest BCUT2D eigenvalue weighted by atomic mass is 9.81. The van der Waals surface area contributed by atoms with E-state index < -0.39 is 0 Å². The molecule has 3 heterocycles. The van der Waals surface area contributed by atoms with Crippen molar-refractivity contribution in [2.45, 2.75) is 32.2 Å². The largest absolute Gasteiger partial charge is 0.347 e. The van der Waals surface area contributed by atoms with Crippen LogP contribution in [0.3, 0.4) is 0 Å². The predicted octanol–water partition coefficient (Wildman–Crippen LogP) is 3.40. The molecule has 6 nitrogen and oxygen atoms in total. The van der Waals surface area contributed by atoms with Gasteiger partial charge in [-0.1, -0.05) is 42.5 Å². The summed E-state index contributed by atoms with van der Waals surface area (Å²) < 4.78 is 0. The van der Waals surface area contributed by atoms with Gasteiger partial charge in [0.15, 0.2) is 0 Å². The number of anilines is 1. The Hall–Kier alpha value is -2.73. The Kier molecular flexibility index (Phi) is 7.53. The number of amides is 1. The number of benzene rings is 1. The molecule has 0 N–H and O–H groups in total. The molecule has 0 spiro atoms. The summed E-state index contributed by atoms with van der Waals surface area (Å²) in [7, 11) is 3.90. The van der Waals surface area contributed by atoms with Crippen LogP contribution in [0.5, 0.6) is 0 Å². The van der Waals surface area contributed by atoms with Gasteiger partial charge in [0.1, 0.15) is 0 Å². The SMILES string of the molecule is CN(C)c1ncc(CN2CCC([C@@H]3CC=CCN(CCc4ccccc4)C3=O)CC2)cn1. The fourth-order valence-corrected chi connectivity index (χ4v) is 4.81. The lowest BCUT2D eigenvalue weighted by molar-refractivity contribution is -0.137. The number of nitrogens with zero attached hydrogens (tertiary/aromatic N) is 5. The minimum atomic E-state index is 0.120. The molecule has 1 aromatic heterocycles. The van der Waals surface area contributed by atoms with Crippen LogP contribution in [0.2, 0.25) is 0 Å². The van der Waals surface area contributed by atoms with Crippen LogP contribution in [0.15, 0.2) is 54.9 Å². The molecular formula is C26H35N5O. The third-order valence-corrected chi connectivity index (χ3v) is 6.72. The Bertz CT molecular complexity index is 888. The highest BCUT2D eigenvalue weighted by atomic mass is 16.2. The Morgan fingerprint density at radius 2 is 1.72 bits per heavy atom. The maximum atomic E-state index is 13.4. The van der Waals surface area contributed by atoms with E-state index in [0.717, 1.165) is 69.9 Å². The predicted molar refractivity (Wildman–Crippen MR) is 128 cm³/mol. The van der Waals surface area contributed by atoms with Crippen LogP contribution in [0, 0.1) is 11.8 Å². The van der Waals surface area contributed by atoms with Gasteiger partial charge >= 0.3 is 0 Å². The van der Waals surface area contributed by atoms with E-state index >= 15 is 0 Å². The number of piperidine rings is 1. The van der Waals surface area contributed by atoms with Crippen LogP contribution >= 0.6 is 0 Å². The summed E-state index contributed by atoms with van der Waals surface area (Å²) in [5.41, 5.74) is 2.44. The van der Waals surface area contributed by atoms with E-state index in [0.29, 0.717) is 11.8 Å². The van der Waals surface area contributed by atoms with Gasteiger partial charge in [-0.25, -0.2) is 9.97 Å². The van der Waals surface area contributed by atoms with Crippen LogP contribution in [0.25, 0.3) is 0 Å². The third-order valence-electron chi connectivity index (χ3n) is 6.72. The number of carbonyl (C=O) groups excluding carboxylic acids is 1. The van der Waals surface area contributed by atoms with Gasteiger partial charge in [0.25, 0.3) is 0 Å². The van der Waals surface area contributed by atoms with Crippen LogP contribution in [-0.2, 0) is 17.8 Å². The number of allylic oxidation sites excluding steroid dienone is 1. The van der Waals surface area contributed by atoms with Gasteiger partial charge < -0.3 is 9.80 Å². The van der Waals surface area contributed by atoms with Crippen molar-refractivity contribution in [2.75, 3.05) is 45.2 Å². The Morgan fingerprint density at radius 1 is 1.00 bits per heavy atom. The van der Waals surface area contributed by atoms with Gasteiger partial charge in [0.05, 0.1) is 0 Å². The molecule has 2 aliphatic rings. The first kappa shape index (κ1) is 22.5. The maximum Gasteiger partial charge on any atom is 0.226 e. The van der Waals surface area contributed by atoms with Crippen molar-refractivity contribution in [3.8, 4) is 0 Å². The molecule has 1 fully saturated rings. The molecule has 0 bridgehead atoms. The van der Waals surface area contributed by atoms with Crippen molar-refractivity contribution in [1.82, 2.24) is 19.8 Å². The number of hydrogen-bond acceptors (Lipinski definition) is 5. The van der Waals surface area contributed by atoms with Crippen molar-refractivity contribution in [2.24, 2.45) is 11.8 Å². The molecule has 0 aliphatic carbocycles. The topological polar surface area (TPSA) is 52.6 Å². The average molecular weight is 434 g/mol. The summed E-state index contributed by atoms with van der Waals surface area (Å²) in [5.74, 6) is 1.67. The van der Waals surface area contributed by atoms with Gasteiger partial charge in [0.2, 0.25) is 11.9 Å². The molecule has 2 aliphatic heterocycles. The fraction of sp³-hybridized carbons (Fsp3) is 0.500. The Balaban J connectivity index is 1.29. The van der Waals surface area contributed by atoms with E-state index in [2.05, 4.69) is 56.2 Å². The highest BCUT2D eigenvalue weighted by molar-refractivity contribution is 5.80. The second-order valence-corrected chi connectivity index (χ2v) is 9.23. The summed E-state index contributed by atoms with van der Waals surface area (Å²) in [6.07, 6.45) is 12.2. The van der Waals surface area contributed by atoms with E-state index in [1.54, 1.807) is 0 Å². The normalized spacial score (nSPS) is 20.4. The first-order valence-corrected chi connectivity index (χ1v) is 11.8. The zero-order valence-electron chi connectivity index (χ0n) is 19.4. The van der Waals surface area contributed by atoms with Gasteiger partial charge in [-0.2, -0.15) is 0 Å². The molecule has 1 aromatic carbocycles. The van der Waals surface area contributed by atoms with Gasteiger partial charge in [0, 0.05) is 57.6 Å². The minimum absolute atomic E-state index is 0.120. The molecule has 0 saturated carbocycles. The van der Waals surface area contributed by atoms with Crippen molar-refractivity contribution < 1.29 is 4.79 Å². The number of aromatic nitrogens is 2. The summed E-state index contributed by atoms with van der Waals surface area (Å²) in [5, 5.41) is 0. The molecule has 1 amide bonds. The highest BCUT2D eigenvalue weighted by Crippen LogP contribution is 2.31. The lowest BCUT2D eigenvalue weighted by Crippen LogP contribution is -2.43.